The second kappa shape index (κ2) is 5.68. The lowest BCUT2D eigenvalue weighted by atomic mass is 9.75. The fraction of sp³-hybridized carbons (Fsp3) is 1.00. The molecule has 3 nitrogen and oxygen atoms in total. The van der Waals surface area contributed by atoms with Gasteiger partial charge < -0.3 is 15.0 Å². The normalized spacial score (nSPS) is 31.6. The highest BCUT2D eigenvalue weighted by atomic mass is 16.5. The first-order valence-corrected chi connectivity index (χ1v) is 7.13. The van der Waals surface area contributed by atoms with Crippen LogP contribution in [0, 0.1) is 11.3 Å². The summed E-state index contributed by atoms with van der Waals surface area (Å²) < 4.78 is 5.45. The van der Waals surface area contributed by atoms with Crippen LogP contribution in [0.15, 0.2) is 0 Å². The van der Waals surface area contributed by atoms with Gasteiger partial charge in [0.15, 0.2) is 0 Å². The van der Waals surface area contributed by atoms with Crippen LogP contribution in [-0.2, 0) is 4.74 Å². The van der Waals surface area contributed by atoms with E-state index in [1.54, 1.807) is 0 Å². The van der Waals surface area contributed by atoms with E-state index >= 15 is 0 Å². The molecule has 3 heteroatoms. The Morgan fingerprint density at radius 3 is 2.59 bits per heavy atom. The molecule has 1 N–H and O–H groups in total. The van der Waals surface area contributed by atoms with Crippen molar-refractivity contribution in [2.75, 3.05) is 39.9 Å². The number of nitrogens with one attached hydrogen (secondary N) is 1. The van der Waals surface area contributed by atoms with Gasteiger partial charge in [-0.2, -0.15) is 0 Å². The molecular formula is C14H28N2O. The predicted molar refractivity (Wildman–Crippen MR) is 71.2 cm³/mol. The fourth-order valence-corrected chi connectivity index (χ4v) is 3.33. The van der Waals surface area contributed by atoms with E-state index < -0.39 is 0 Å². The van der Waals surface area contributed by atoms with Crippen molar-refractivity contribution in [3.05, 3.63) is 0 Å². The number of rotatable bonds is 4. The van der Waals surface area contributed by atoms with Crippen LogP contribution in [0.3, 0.4) is 0 Å². The smallest absolute Gasteiger partial charge is 0.0480 e. The third kappa shape index (κ3) is 3.01. The van der Waals surface area contributed by atoms with Gasteiger partial charge in [0, 0.05) is 32.3 Å². The lowest BCUT2D eigenvalue weighted by molar-refractivity contribution is 0.0220. The second-order valence-corrected chi connectivity index (χ2v) is 6.20. The Kier molecular flexibility index (Phi) is 4.45. The first-order valence-electron chi connectivity index (χ1n) is 7.13. The number of hydrogen-bond acceptors (Lipinski definition) is 3. The highest BCUT2D eigenvalue weighted by Gasteiger charge is 2.38. The molecule has 1 unspecified atom stereocenters. The first kappa shape index (κ1) is 13.3. The molecule has 100 valence electrons. The van der Waals surface area contributed by atoms with Gasteiger partial charge in [-0.25, -0.2) is 0 Å². The maximum atomic E-state index is 5.45. The molecule has 2 heterocycles. The average molecular weight is 240 g/mol. The Bertz CT molecular complexity index is 230. The zero-order valence-corrected chi connectivity index (χ0v) is 11.7. The van der Waals surface area contributed by atoms with Crippen LogP contribution in [0.5, 0.6) is 0 Å². The molecule has 0 aromatic heterocycles. The number of ether oxygens (including phenoxy) is 1. The standard InChI is InChI=1S/C14H28N2O/c1-12(2)14(6-7-15-10-14)11-16(3)13-4-8-17-9-5-13/h12-13,15H,4-11H2,1-3H3. The molecule has 0 spiro atoms. The van der Waals surface area contributed by atoms with E-state index in [1.807, 2.05) is 0 Å². The topological polar surface area (TPSA) is 24.5 Å². The molecule has 0 saturated carbocycles. The van der Waals surface area contributed by atoms with Crippen LogP contribution in [0.4, 0.5) is 0 Å². The quantitative estimate of drug-likeness (QED) is 0.810. The van der Waals surface area contributed by atoms with Crippen LogP contribution in [0.1, 0.15) is 33.1 Å². The highest BCUT2D eigenvalue weighted by molar-refractivity contribution is 4.93. The summed E-state index contributed by atoms with van der Waals surface area (Å²) in [5.41, 5.74) is 0.493. The molecular weight excluding hydrogens is 212 g/mol. The average Bonchev–Trinajstić information content (AvgIpc) is 2.80. The van der Waals surface area contributed by atoms with Gasteiger partial charge in [0.1, 0.15) is 0 Å². The summed E-state index contributed by atoms with van der Waals surface area (Å²) in [7, 11) is 2.30. The molecule has 0 aromatic rings. The van der Waals surface area contributed by atoms with Crippen molar-refractivity contribution in [2.45, 2.75) is 39.2 Å². The zero-order valence-electron chi connectivity index (χ0n) is 11.7. The zero-order chi connectivity index (χ0) is 12.3. The summed E-state index contributed by atoms with van der Waals surface area (Å²) in [4.78, 5) is 2.59. The number of hydrogen-bond donors (Lipinski definition) is 1. The Hall–Kier alpha value is -0.120. The Morgan fingerprint density at radius 2 is 2.06 bits per heavy atom. The van der Waals surface area contributed by atoms with Gasteiger partial charge in [-0.1, -0.05) is 13.8 Å². The Labute approximate surface area is 106 Å². The van der Waals surface area contributed by atoms with Crippen molar-refractivity contribution in [1.82, 2.24) is 10.2 Å². The maximum absolute atomic E-state index is 5.45. The van der Waals surface area contributed by atoms with E-state index in [4.69, 9.17) is 4.74 Å². The molecule has 2 aliphatic rings. The minimum Gasteiger partial charge on any atom is -0.381 e. The molecule has 1 atom stereocenters. The maximum Gasteiger partial charge on any atom is 0.0480 e. The summed E-state index contributed by atoms with van der Waals surface area (Å²) in [5.74, 6) is 0.764. The van der Waals surface area contributed by atoms with Gasteiger partial charge in [-0.3, -0.25) is 0 Å². The van der Waals surface area contributed by atoms with Gasteiger partial charge >= 0.3 is 0 Å². The van der Waals surface area contributed by atoms with Gasteiger partial charge in [-0.05, 0) is 44.2 Å². The minimum absolute atomic E-state index is 0.493. The van der Waals surface area contributed by atoms with Gasteiger partial charge in [0.25, 0.3) is 0 Å². The largest absolute Gasteiger partial charge is 0.381 e. The van der Waals surface area contributed by atoms with E-state index in [2.05, 4.69) is 31.1 Å². The summed E-state index contributed by atoms with van der Waals surface area (Å²) in [6.07, 6.45) is 3.74. The summed E-state index contributed by atoms with van der Waals surface area (Å²) in [6.45, 7) is 10.3. The number of nitrogens with zero attached hydrogens (tertiary/aromatic N) is 1. The van der Waals surface area contributed by atoms with E-state index in [0.717, 1.165) is 25.2 Å². The molecule has 2 rings (SSSR count). The molecule has 0 amide bonds. The molecule has 0 radical (unpaired) electrons. The molecule has 0 bridgehead atoms. The molecule has 2 aliphatic heterocycles. The molecule has 0 aliphatic carbocycles. The third-order valence-electron chi connectivity index (χ3n) is 4.88. The van der Waals surface area contributed by atoms with Gasteiger partial charge in [-0.15, -0.1) is 0 Å². The van der Waals surface area contributed by atoms with Crippen LogP contribution >= 0.6 is 0 Å². The van der Waals surface area contributed by atoms with E-state index in [1.165, 1.54) is 38.9 Å². The van der Waals surface area contributed by atoms with Gasteiger partial charge in [0.2, 0.25) is 0 Å². The van der Waals surface area contributed by atoms with E-state index in [9.17, 15) is 0 Å². The van der Waals surface area contributed by atoms with Crippen molar-refractivity contribution >= 4 is 0 Å². The van der Waals surface area contributed by atoms with Crippen molar-refractivity contribution in [2.24, 2.45) is 11.3 Å². The Balaban J connectivity index is 1.93. The summed E-state index contributed by atoms with van der Waals surface area (Å²) in [5, 5.41) is 3.55. The minimum atomic E-state index is 0.493. The van der Waals surface area contributed by atoms with E-state index in [0.29, 0.717) is 5.41 Å². The fourth-order valence-electron chi connectivity index (χ4n) is 3.33. The molecule has 0 aromatic carbocycles. The van der Waals surface area contributed by atoms with Crippen LogP contribution in [0.25, 0.3) is 0 Å². The van der Waals surface area contributed by atoms with Gasteiger partial charge in [0.05, 0.1) is 0 Å². The molecule has 2 fully saturated rings. The highest BCUT2D eigenvalue weighted by Crippen LogP contribution is 2.35. The second-order valence-electron chi connectivity index (χ2n) is 6.20. The van der Waals surface area contributed by atoms with Crippen molar-refractivity contribution in [1.29, 1.82) is 0 Å². The van der Waals surface area contributed by atoms with Crippen LogP contribution < -0.4 is 5.32 Å². The van der Waals surface area contributed by atoms with Crippen LogP contribution in [-0.4, -0.2) is 50.8 Å². The third-order valence-corrected chi connectivity index (χ3v) is 4.88. The van der Waals surface area contributed by atoms with E-state index in [-0.39, 0.29) is 0 Å². The SMILES string of the molecule is CC(C)C1(CN(C)C2CCOCC2)CCNC1. The Morgan fingerprint density at radius 1 is 1.35 bits per heavy atom. The lowest BCUT2D eigenvalue weighted by Crippen LogP contribution is -2.46. The van der Waals surface area contributed by atoms with Crippen molar-refractivity contribution < 1.29 is 4.74 Å². The molecule has 2 saturated heterocycles. The van der Waals surface area contributed by atoms with Crippen molar-refractivity contribution in [3.8, 4) is 0 Å². The predicted octanol–water partition coefficient (Wildman–Crippen LogP) is 1.73. The van der Waals surface area contributed by atoms with Crippen molar-refractivity contribution in [3.63, 3.8) is 0 Å². The first-order chi connectivity index (χ1) is 8.14. The summed E-state index contributed by atoms with van der Waals surface area (Å²) in [6, 6.07) is 0.736. The lowest BCUT2D eigenvalue weighted by Gasteiger charge is -2.40. The monoisotopic (exact) mass is 240 g/mol. The molecule has 17 heavy (non-hydrogen) atoms. The van der Waals surface area contributed by atoms with Crippen LogP contribution in [0.2, 0.25) is 0 Å². The summed E-state index contributed by atoms with van der Waals surface area (Å²) >= 11 is 0.